The van der Waals surface area contributed by atoms with Crippen molar-refractivity contribution in [2.75, 3.05) is 11.9 Å². The van der Waals surface area contributed by atoms with Crippen LogP contribution in [0.2, 0.25) is 0 Å². The summed E-state index contributed by atoms with van der Waals surface area (Å²) >= 11 is 4.89. The maximum Gasteiger partial charge on any atom is 0.275 e. The molecule has 0 unspecified atom stereocenters. The topological polar surface area (TPSA) is 68.0 Å². The molecule has 3 N–H and O–H groups in total. The number of carbonyl (C=O) groups excluding carboxylic acids is 1. The number of amides is 1. The third-order valence-electron chi connectivity index (χ3n) is 2.56. The second-order valence-corrected chi connectivity index (χ2v) is 5.88. The van der Waals surface area contributed by atoms with Crippen LogP contribution in [-0.4, -0.2) is 17.4 Å². The first-order valence-corrected chi connectivity index (χ1v) is 7.49. The fraction of sp³-hybridized carbons (Fsp3) is 0.231. The first-order chi connectivity index (χ1) is 9.10. The van der Waals surface area contributed by atoms with Gasteiger partial charge < -0.3 is 11.1 Å². The summed E-state index contributed by atoms with van der Waals surface area (Å²) in [5, 5.41) is 5.48. The molecule has 1 aromatic heterocycles. The van der Waals surface area contributed by atoms with Gasteiger partial charge in [0.15, 0.2) is 0 Å². The SMILES string of the molecule is Cc1cc(NC(=O)c2csc(CCN)n2)ccc1Br. The average molecular weight is 340 g/mol. The van der Waals surface area contributed by atoms with E-state index in [-0.39, 0.29) is 5.91 Å². The highest BCUT2D eigenvalue weighted by Crippen LogP contribution is 2.20. The Kier molecular flexibility index (Phi) is 4.68. The van der Waals surface area contributed by atoms with Gasteiger partial charge in [0, 0.05) is 22.0 Å². The molecule has 100 valence electrons. The summed E-state index contributed by atoms with van der Waals surface area (Å²) in [5.41, 5.74) is 7.73. The lowest BCUT2D eigenvalue weighted by atomic mass is 10.2. The molecule has 1 amide bonds. The van der Waals surface area contributed by atoms with Crippen LogP contribution in [0, 0.1) is 6.92 Å². The highest BCUT2D eigenvalue weighted by atomic mass is 79.9. The summed E-state index contributed by atoms with van der Waals surface area (Å²) < 4.78 is 1.02. The summed E-state index contributed by atoms with van der Waals surface area (Å²) in [4.78, 5) is 16.3. The van der Waals surface area contributed by atoms with Crippen molar-refractivity contribution >= 4 is 38.9 Å². The molecule has 0 spiro atoms. The standard InChI is InChI=1S/C13H14BrN3OS/c1-8-6-9(2-3-10(8)14)16-13(18)11-7-19-12(17-11)4-5-15/h2-3,6-7H,4-5,15H2,1H3,(H,16,18). The molecule has 0 fully saturated rings. The Bertz CT molecular complexity index is 597. The van der Waals surface area contributed by atoms with Crippen LogP contribution in [-0.2, 0) is 6.42 Å². The monoisotopic (exact) mass is 339 g/mol. The normalized spacial score (nSPS) is 10.5. The van der Waals surface area contributed by atoms with Crippen LogP contribution in [0.15, 0.2) is 28.1 Å². The quantitative estimate of drug-likeness (QED) is 0.899. The number of aryl methyl sites for hydroxylation is 1. The van der Waals surface area contributed by atoms with E-state index < -0.39 is 0 Å². The fourth-order valence-electron chi connectivity index (χ4n) is 1.57. The molecule has 6 heteroatoms. The van der Waals surface area contributed by atoms with E-state index in [0.29, 0.717) is 18.7 Å². The molecule has 1 heterocycles. The van der Waals surface area contributed by atoms with Crippen molar-refractivity contribution in [1.29, 1.82) is 0 Å². The zero-order chi connectivity index (χ0) is 13.8. The number of hydrogen-bond donors (Lipinski definition) is 2. The molecule has 0 bridgehead atoms. The summed E-state index contributed by atoms with van der Waals surface area (Å²) in [6.45, 7) is 2.52. The number of aromatic nitrogens is 1. The number of rotatable bonds is 4. The third-order valence-corrected chi connectivity index (χ3v) is 4.36. The number of benzene rings is 1. The molecule has 0 aliphatic carbocycles. The second kappa shape index (κ2) is 6.27. The minimum atomic E-state index is -0.193. The van der Waals surface area contributed by atoms with E-state index in [1.54, 1.807) is 5.38 Å². The van der Waals surface area contributed by atoms with Gasteiger partial charge in [-0.25, -0.2) is 4.98 Å². The van der Waals surface area contributed by atoms with Crippen molar-refractivity contribution < 1.29 is 4.79 Å². The Morgan fingerprint density at radius 2 is 2.32 bits per heavy atom. The molecule has 19 heavy (non-hydrogen) atoms. The molecule has 2 aromatic rings. The van der Waals surface area contributed by atoms with E-state index in [1.807, 2.05) is 25.1 Å². The lowest BCUT2D eigenvalue weighted by molar-refractivity contribution is 0.102. The molecule has 0 saturated heterocycles. The fourth-order valence-corrected chi connectivity index (χ4v) is 2.61. The smallest absolute Gasteiger partial charge is 0.275 e. The first kappa shape index (κ1) is 14.2. The molecule has 2 rings (SSSR count). The van der Waals surface area contributed by atoms with Crippen molar-refractivity contribution in [3.63, 3.8) is 0 Å². The van der Waals surface area contributed by atoms with Gasteiger partial charge in [-0.1, -0.05) is 15.9 Å². The number of carbonyl (C=O) groups is 1. The lowest BCUT2D eigenvalue weighted by Crippen LogP contribution is -2.12. The molecule has 0 saturated carbocycles. The number of anilines is 1. The molecule has 0 radical (unpaired) electrons. The van der Waals surface area contributed by atoms with Crippen LogP contribution in [0.1, 0.15) is 21.1 Å². The third kappa shape index (κ3) is 3.62. The zero-order valence-electron chi connectivity index (χ0n) is 10.4. The van der Waals surface area contributed by atoms with Crippen molar-refractivity contribution in [3.05, 3.63) is 44.3 Å². The zero-order valence-corrected chi connectivity index (χ0v) is 12.8. The van der Waals surface area contributed by atoms with E-state index >= 15 is 0 Å². The number of nitrogens with two attached hydrogens (primary N) is 1. The Morgan fingerprint density at radius 3 is 3.00 bits per heavy atom. The predicted octanol–water partition coefficient (Wildman–Crippen LogP) is 2.97. The molecular formula is C13H14BrN3OS. The van der Waals surface area contributed by atoms with Gasteiger partial charge in [-0.15, -0.1) is 11.3 Å². The van der Waals surface area contributed by atoms with Crippen molar-refractivity contribution in [1.82, 2.24) is 4.98 Å². The largest absolute Gasteiger partial charge is 0.330 e. The minimum Gasteiger partial charge on any atom is -0.330 e. The van der Waals surface area contributed by atoms with Gasteiger partial charge in [0.25, 0.3) is 5.91 Å². The Balaban J connectivity index is 2.09. The number of halogens is 1. The second-order valence-electron chi connectivity index (χ2n) is 4.08. The number of nitrogens with one attached hydrogen (secondary N) is 1. The van der Waals surface area contributed by atoms with Crippen LogP contribution in [0.25, 0.3) is 0 Å². The first-order valence-electron chi connectivity index (χ1n) is 5.82. The van der Waals surface area contributed by atoms with Crippen LogP contribution in [0.3, 0.4) is 0 Å². The van der Waals surface area contributed by atoms with Gasteiger partial charge in [-0.3, -0.25) is 4.79 Å². The highest BCUT2D eigenvalue weighted by Gasteiger charge is 2.11. The van der Waals surface area contributed by atoms with Gasteiger partial charge in [0.1, 0.15) is 5.69 Å². The van der Waals surface area contributed by atoms with Crippen LogP contribution in [0.5, 0.6) is 0 Å². The minimum absolute atomic E-state index is 0.193. The summed E-state index contributed by atoms with van der Waals surface area (Å²) in [6, 6.07) is 5.67. The maximum absolute atomic E-state index is 12.0. The van der Waals surface area contributed by atoms with Crippen molar-refractivity contribution in [3.8, 4) is 0 Å². The van der Waals surface area contributed by atoms with E-state index in [1.165, 1.54) is 11.3 Å². The van der Waals surface area contributed by atoms with Gasteiger partial charge in [-0.2, -0.15) is 0 Å². The summed E-state index contributed by atoms with van der Waals surface area (Å²) in [7, 11) is 0. The van der Waals surface area contributed by atoms with Crippen LogP contribution < -0.4 is 11.1 Å². The van der Waals surface area contributed by atoms with Crippen molar-refractivity contribution in [2.45, 2.75) is 13.3 Å². The van der Waals surface area contributed by atoms with Gasteiger partial charge in [0.2, 0.25) is 0 Å². The molecular weight excluding hydrogens is 326 g/mol. The summed E-state index contributed by atoms with van der Waals surface area (Å²) in [6.07, 6.45) is 0.704. The average Bonchev–Trinajstić information content (AvgIpc) is 2.83. The lowest BCUT2D eigenvalue weighted by Gasteiger charge is -2.05. The predicted molar refractivity (Wildman–Crippen MR) is 81.7 cm³/mol. The maximum atomic E-state index is 12.0. The molecule has 1 aromatic carbocycles. The molecule has 4 nitrogen and oxygen atoms in total. The van der Waals surface area contributed by atoms with Gasteiger partial charge >= 0.3 is 0 Å². The number of nitrogens with zero attached hydrogens (tertiary/aromatic N) is 1. The van der Waals surface area contributed by atoms with Gasteiger partial charge in [-0.05, 0) is 37.2 Å². The van der Waals surface area contributed by atoms with E-state index in [0.717, 1.165) is 20.7 Å². The van der Waals surface area contributed by atoms with E-state index in [9.17, 15) is 4.79 Å². The van der Waals surface area contributed by atoms with E-state index in [4.69, 9.17) is 5.73 Å². The molecule has 0 aliphatic heterocycles. The van der Waals surface area contributed by atoms with Crippen molar-refractivity contribution in [2.24, 2.45) is 5.73 Å². The Labute approximate surface area is 124 Å². The van der Waals surface area contributed by atoms with Gasteiger partial charge in [0.05, 0.1) is 5.01 Å². The van der Waals surface area contributed by atoms with E-state index in [2.05, 4.69) is 26.2 Å². The highest BCUT2D eigenvalue weighted by molar-refractivity contribution is 9.10. The van der Waals surface area contributed by atoms with Crippen LogP contribution in [0.4, 0.5) is 5.69 Å². The number of hydrogen-bond acceptors (Lipinski definition) is 4. The van der Waals surface area contributed by atoms with Crippen LogP contribution >= 0.6 is 27.3 Å². The molecule has 0 aliphatic rings. The Hall–Kier alpha value is -1.24. The molecule has 0 atom stereocenters. The Morgan fingerprint density at radius 1 is 1.53 bits per heavy atom. The summed E-state index contributed by atoms with van der Waals surface area (Å²) in [5.74, 6) is -0.193. The number of thiazole rings is 1.